The van der Waals surface area contributed by atoms with Crippen molar-refractivity contribution in [1.29, 1.82) is 0 Å². The monoisotopic (exact) mass is 217 g/mol. The summed E-state index contributed by atoms with van der Waals surface area (Å²) in [7, 11) is 0. The number of fused-ring (bicyclic) bond motifs is 1. The lowest BCUT2D eigenvalue weighted by atomic mass is 9.75. The molecule has 2 heteroatoms. The van der Waals surface area contributed by atoms with Gasteiger partial charge in [-0.25, -0.2) is 0 Å². The third-order valence-corrected chi connectivity index (χ3v) is 3.85. The quantitative estimate of drug-likeness (QED) is 0.840. The van der Waals surface area contributed by atoms with Crippen LogP contribution < -0.4 is 5.32 Å². The average molecular weight is 217 g/mol. The van der Waals surface area contributed by atoms with Crippen LogP contribution in [0, 0.1) is 0 Å². The zero-order valence-corrected chi connectivity index (χ0v) is 9.83. The Labute approximate surface area is 97.0 Å². The van der Waals surface area contributed by atoms with E-state index >= 15 is 0 Å². The van der Waals surface area contributed by atoms with Gasteiger partial charge in [-0.15, -0.1) is 0 Å². The molecule has 1 aliphatic heterocycles. The summed E-state index contributed by atoms with van der Waals surface area (Å²) in [6.07, 6.45) is 2.60. The number of nitrogens with one attached hydrogen (secondary N) is 1. The Morgan fingerprint density at radius 3 is 2.88 bits per heavy atom. The van der Waals surface area contributed by atoms with Crippen LogP contribution in [0.2, 0.25) is 0 Å². The molecular formula is C14H19NO. The fraction of sp³-hybridized carbons (Fsp3) is 0.571. The van der Waals surface area contributed by atoms with E-state index in [0.29, 0.717) is 0 Å². The summed E-state index contributed by atoms with van der Waals surface area (Å²) in [4.78, 5) is 0. The lowest BCUT2D eigenvalue weighted by Crippen LogP contribution is -2.39. The van der Waals surface area contributed by atoms with E-state index in [1.54, 1.807) is 0 Å². The summed E-state index contributed by atoms with van der Waals surface area (Å²) in [5.74, 6) is 0.773. The topological polar surface area (TPSA) is 21.3 Å². The van der Waals surface area contributed by atoms with Gasteiger partial charge < -0.3 is 10.1 Å². The van der Waals surface area contributed by atoms with Crippen molar-refractivity contribution in [3.05, 3.63) is 34.9 Å². The number of benzene rings is 1. The van der Waals surface area contributed by atoms with Crippen molar-refractivity contribution in [2.45, 2.75) is 44.9 Å². The van der Waals surface area contributed by atoms with Crippen molar-refractivity contribution in [2.75, 3.05) is 6.54 Å². The molecular weight excluding hydrogens is 198 g/mol. The van der Waals surface area contributed by atoms with Crippen LogP contribution in [-0.4, -0.2) is 12.6 Å². The largest absolute Gasteiger partial charge is 0.372 e. The molecule has 0 aromatic heterocycles. The van der Waals surface area contributed by atoms with Crippen LogP contribution in [0.4, 0.5) is 0 Å². The zero-order chi connectivity index (χ0) is 11.0. The van der Waals surface area contributed by atoms with Gasteiger partial charge >= 0.3 is 0 Å². The molecule has 2 nitrogen and oxygen atoms in total. The molecule has 16 heavy (non-hydrogen) atoms. The van der Waals surface area contributed by atoms with E-state index in [4.69, 9.17) is 4.74 Å². The Morgan fingerprint density at radius 1 is 1.25 bits per heavy atom. The van der Waals surface area contributed by atoms with Gasteiger partial charge in [0, 0.05) is 6.04 Å². The Morgan fingerprint density at radius 2 is 2.06 bits per heavy atom. The van der Waals surface area contributed by atoms with Crippen LogP contribution in [0.1, 0.15) is 42.4 Å². The van der Waals surface area contributed by atoms with E-state index in [9.17, 15) is 0 Å². The molecule has 0 unspecified atom stereocenters. The summed E-state index contributed by atoms with van der Waals surface area (Å²) in [6, 6.07) is 7.65. The lowest BCUT2D eigenvalue weighted by molar-refractivity contribution is 0.134. The van der Waals surface area contributed by atoms with E-state index in [-0.39, 0.29) is 0 Å². The van der Waals surface area contributed by atoms with Crippen LogP contribution >= 0.6 is 0 Å². The first-order chi connectivity index (χ1) is 7.86. The highest BCUT2D eigenvalue weighted by atomic mass is 16.5. The predicted octanol–water partition coefficient (Wildman–Crippen LogP) is 2.57. The first-order valence-corrected chi connectivity index (χ1v) is 6.29. The lowest BCUT2D eigenvalue weighted by Gasteiger charge is -2.36. The molecule has 1 heterocycles. The zero-order valence-electron chi connectivity index (χ0n) is 9.83. The summed E-state index contributed by atoms with van der Waals surface area (Å²) in [5.41, 5.74) is 4.30. The first kappa shape index (κ1) is 10.3. The molecule has 0 saturated heterocycles. The fourth-order valence-corrected chi connectivity index (χ4v) is 2.79. The van der Waals surface area contributed by atoms with E-state index in [1.807, 2.05) is 0 Å². The molecule has 3 rings (SSSR count). The highest BCUT2D eigenvalue weighted by molar-refractivity contribution is 5.35. The molecule has 1 fully saturated rings. The molecule has 86 valence electrons. The van der Waals surface area contributed by atoms with Gasteiger partial charge in [-0.3, -0.25) is 0 Å². The molecule has 0 spiro atoms. The maximum atomic E-state index is 5.45. The smallest absolute Gasteiger partial charge is 0.0725 e. The molecule has 1 aliphatic carbocycles. The minimum absolute atomic E-state index is 0.750. The number of hydrogen-bond donors (Lipinski definition) is 1. The van der Waals surface area contributed by atoms with Gasteiger partial charge in [0.15, 0.2) is 0 Å². The molecule has 1 N–H and O–H groups in total. The number of hydrogen-bond acceptors (Lipinski definition) is 2. The number of rotatable bonds is 3. The molecule has 1 aromatic carbocycles. The van der Waals surface area contributed by atoms with Crippen LogP contribution in [0.15, 0.2) is 18.2 Å². The first-order valence-electron chi connectivity index (χ1n) is 6.29. The summed E-state index contributed by atoms with van der Waals surface area (Å²) < 4.78 is 5.45. The molecule has 0 bridgehead atoms. The van der Waals surface area contributed by atoms with Crippen molar-refractivity contribution in [2.24, 2.45) is 0 Å². The van der Waals surface area contributed by atoms with Gasteiger partial charge in [-0.05, 0) is 42.0 Å². The third-order valence-electron chi connectivity index (χ3n) is 3.85. The highest BCUT2D eigenvalue weighted by Gasteiger charge is 2.30. The Kier molecular flexibility index (Phi) is 2.70. The van der Waals surface area contributed by atoms with Gasteiger partial charge in [0.2, 0.25) is 0 Å². The Balaban J connectivity index is 1.68. The standard InChI is InChI=1S/C14H19NO/c1-2-15-14-6-12(7-14)10-3-4-11-8-16-9-13(11)5-10/h3-5,12,14-15H,2,6-9H2,1H3. The van der Waals surface area contributed by atoms with E-state index in [0.717, 1.165) is 31.7 Å². The van der Waals surface area contributed by atoms with Crippen LogP contribution in [0.5, 0.6) is 0 Å². The predicted molar refractivity (Wildman–Crippen MR) is 64.4 cm³/mol. The van der Waals surface area contributed by atoms with Gasteiger partial charge in [0.05, 0.1) is 13.2 Å². The molecule has 0 amide bonds. The second-order valence-electron chi connectivity index (χ2n) is 4.94. The molecule has 0 radical (unpaired) electrons. The highest BCUT2D eigenvalue weighted by Crippen LogP contribution is 2.38. The second-order valence-corrected chi connectivity index (χ2v) is 4.94. The average Bonchev–Trinajstić information content (AvgIpc) is 2.69. The SMILES string of the molecule is CCNC1CC(c2ccc3c(c2)COC3)C1. The summed E-state index contributed by atoms with van der Waals surface area (Å²) >= 11 is 0. The second kappa shape index (κ2) is 4.19. The van der Waals surface area contributed by atoms with E-state index in [1.165, 1.54) is 29.5 Å². The van der Waals surface area contributed by atoms with Crippen LogP contribution in [0.3, 0.4) is 0 Å². The molecule has 0 atom stereocenters. The maximum Gasteiger partial charge on any atom is 0.0725 e. The van der Waals surface area contributed by atoms with Gasteiger partial charge in [0.1, 0.15) is 0 Å². The van der Waals surface area contributed by atoms with Crippen molar-refractivity contribution >= 4 is 0 Å². The normalized spacial score (nSPS) is 27.6. The maximum absolute atomic E-state index is 5.45. The number of ether oxygens (including phenoxy) is 1. The summed E-state index contributed by atoms with van der Waals surface area (Å²) in [5, 5.41) is 3.51. The molecule has 2 aliphatic rings. The van der Waals surface area contributed by atoms with Crippen molar-refractivity contribution in [1.82, 2.24) is 5.32 Å². The Hall–Kier alpha value is -0.860. The van der Waals surface area contributed by atoms with Crippen LogP contribution in [-0.2, 0) is 18.0 Å². The minimum atomic E-state index is 0.750. The van der Waals surface area contributed by atoms with Crippen molar-refractivity contribution < 1.29 is 4.74 Å². The van der Waals surface area contributed by atoms with Gasteiger partial charge in [-0.2, -0.15) is 0 Å². The Bertz CT molecular complexity index is 382. The van der Waals surface area contributed by atoms with E-state index in [2.05, 4.69) is 30.4 Å². The third kappa shape index (κ3) is 1.76. The van der Waals surface area contributed by atoms with E-state index < -0.39 is 0 Å². The van der Waals surface area contributed by atoms with Gasteiger partial charge in [-0.1, -0.05) is 25.1 Å². The molecule has 1 saturated carbocycles. The summed E-state index contributed by atoms with van der Waals surface area (Å²) in [6.45, 7) is 4.89. The fourth-order valence-electron chi connectivity index (χ4n) is 2.79. The molecule has 1 aromatic rings. The van der Waals surface area contributed by atoms with Crippen LogP contribution in [0.25, 0.3) is 0 Å². The minimum Gasteiger partial charge on any atom is -0.372 e. The van der Waals surface area contributed by atoms with Crippen molar-refractivity contribution in [3.8, 4) is 0 Å². The van der Waals surface area contributed by atoms with Gasteiger partial charge in [0.25, 0.3) is 0 Å². The van der Waals surface area contributed by atoms with Crippen molar-refractivity contribution in [3.63, 3.8) is 0 Å².